The first-order valence-corrected chi connectivity index (χ1v) is 2.91. The van der Waals surface area contributed by atoms with Gasteiger partial charge in [-0.3, -0.25) is 0 Å². The lowest BCUT2D eigenvalue weighted by Gasteiger charge is -1.81. The van der Waals surface area contributed by atoms with Crippen LogP contribution in [-0.2, 0) is 0 Å². The first kappa shape index (κ1) is 8.13. The number of hydrogen-bond donors (Lipinski definition) is 1. The Morgan fingerprint density at radius 1 is 1.00 bits per heavy atom. The second kappa shape index (κ2) is 5.27. The van der Waals surface area contributed by atoms with Gasteiger partial charge in [0.2, 0.25) is 0 Å². The van der Waals surface area contributed by atoms with Crippen LogP contribution in [0.2, 0.25) is 0 Å². The van der Waals surface area contributed by atoms with Crippen molar-refractivity contribution in [2.45, 2.75) is 4.90 Å². The molecule has 1 heteroatoms. The topological polar surface area (TPSA) is 0 Å². The van der Waals surface area contributed by atoms with Crippen LogP contribution in [0.15, 0.2) is 35.2 Å². The van der Waals surface area contributed by atoms with E-state index in [2.05, 4.69) is 25.5 Å². The van der Waals surface area contributed by atoms with Crippen molar-refractivity contribution in [1.29, 1.82) is 0 Å². The molecule has 1 aromatic carbocycles. The highest BCUT2D eigenvalue weighted by atomic mass is 32.1. The van der Waals surface area contributed by atoms with Crippen LogP contribution < -0.4 is 0 Å². The zero-order chi connectivity index (χ0) is 7.11. The van der Waals surface area contributed by atoms with E-state index in [1.807, 2.05) is 30.3 Å². The number of rotatable bonds is 0. The Hall–Kier alpha value is -0.870. The first-order chi connectivity index (χ1) is 4.39. The predicted molar refractivity (Wildman–Crippen MR) is 43.6 cm³/mol. The summed E-state index contributed by atoms with van der Waals surface area (Å²) in [6.45, 7) is 0. The second-order valence-corrected chi connectivity index (χ2v) is 1.85. The average Bonchev–Trinajstić information content (AvgIpc) is 1.94. The van der Waals surface area contributed by atoms with Gasteiger partial charge in [-0.25, -0.2) is 0 Å². The Balaban J connectivity index is 0.000000291. The maximum absolute atomic E-state index is 4.08. The van der Waals surface area contributed by atoms with Crippen molar-refractivity contribution in [2.24, 2.45) is 0 Å². The van der Waals surface area contributed by atoms with Gasteiger partial charge in [-0.05, 0) is 12.1 Å². The minimum absolute atomic E-state index is 1.02. The molecule has 0 aliphatic heterocycles. The molecular formula is C8H8S. The molecule has 0 bridgehead atoms. The van der Waals surface area contributed by atoms with E-state index in [9.17, 15) is 0 Å². The van der Waals surface area contributed by atoms with Gasteiger partial charge in [-0.1, -0.05) is 18.2 Å². The normalized spacial score (nSPS) is 7.00. The molecule has 9 heavy (non-hydrogen) atoms. The van der Waals surface area contributed by atoms with E-state index in [0.29, 0.717) is 0 Å². The molecule has 0 heterocycles. The maximum atomic E-state index is 4.08. The van der Waals surface area contributed by atoms with Crippen LogP contribution in [0.4, 0.5) is 0 Å². The second-order valence-electron chi connectivity index (χ2n) is 1.34. The van der Waals surface area contributed by atoms with Crippen LogP contribution in [0.5, 0.6) is 0 Å². The summed E-state index contributed by atoms with van der Waals surface area (Å²) >= 11 is 4.08. The average molecular weight is 136 g/mol. The Labute approximate surface area is 61.3 Å². The van der Waals surface area contributed by atoms with Crippen LogP contribution >= 0.6 is 12.6 Å². The first-order valence-electron chi connectivity index (χ1n) is 2.47. The van der Waals surface area contributed by atoms with Crippen LogP contribution in [-0.4, -0.2) is 0 Å². The van der Waals surface area contributed by atoms with Gasteiger partial charge in [0.05, 0.1) is 0 Å². The van der Waals surface area contributed by atoms with E-state index in [4.69, 9.17) is 0 Å². The third kappa shape index (κ3) is 3.69. The molecule has 0 N–H and O–H groups in total. The molecule has 0 radical (unpaired) electrons. The summed E-state index contributed by atoms with van der Waals surface area (Å²) in [5.74, 6) is 0. The van der Waals surface area contributed by atoms with Gasteiger partial charge < -0.3 is 0 Å². The monoisotopic (exact) mass is 136 g/mol. The number of terminal acetylenes is 1. The highest BCUT2D eigenvalue weighted by molar-refractivity contribution is 7.80. The lowest BCUT2D eigenvalue weighted by atomic mass is 10.4. The van der Waals surface area contributed by atoms with Gasteiger partial charge in [-0.2, -0.15) is 0 Å². The quantitative estimate of drug-likeness (QED) is 0.410. The smallest absolute Gasteiger partial charge is 0.00399 e. The molecule has 0 spiro atoms. The zero-order valence-corrected chi connectivity index (χ0v) is 5.88. The summed E-state index contributed by atoms with van der Waals surface area (Å²) in [7, 11) is 0. The third-order valence-electron chi connectivity index (χ3n) is 0.756. The van der Waals surface area contributed by atoms with E-state index < -0.39 is 0 Å². The van der Waals surface area contributed by atoms with Gasteiger partial charge >= 0.3 is 0 Å². The van der Waals surface area contributed by atoms with Crippen molar-refractivity contribution in [1.82, 2.24) is 0 Å². The third-order valence-corrected chi connectivity index (χ3v) is 1.05. The molecule has 0 amide bonds. The van der Waals surface area contributed by atoms with Crippen LogP contribution in [0, 0.1) is 12.8 Å². The van der Waals surface area contributed by atoms with E-state index in [1.165, 1.54) is 0 Å². The van der Waals surface area contributed by atoms with E-state index in [-0.39, 0.29) is 0 Å². The Morgan fingerprint density at radius 3 is 1.67 bits per heavy atom. The van der Waals surface area contributed by atoms with Crippen molar-refractivity contribution in [3.8, 4) is 12.8 Å². The van der Waals surface area contributed by atoms with Crippen LogP contribution in [0.25, 0.3) is 0 Å². The molecule has 0 saturated heterocycles. The van der Waals surface area contributed by atoms with Crippen molar-refractivity contribution in [3.63, 3.8) is 0 Å². The van der Waals surface area contributed by atoms with Gasteiger partial charge in [0, 0.05) is 4.90 Å². The molecule has 0 aliphatic rings. The predicted octanol–water partition coefficient (Wildman–Crippen LogP) is 2.22. The fraction of sp³-hybridized carbons (Fsp3) is 0. The number of benzene rings is 1. The van der Waals surface area contributed by atoms with Gasteiger partial charge in [0.25, 0.3) is 0 Å². The van der Waals surface area contributed by atoms with E-state index in [1.54, 1.807) is 0 Å². The fourth-order valence-corrected chi connectivity index (χ4v) is 0.600. The summed E-state index contributed by atoms with van der Waals surface area (Å²) in [6.07, 6.45) is 8.00. The molecule has 0 fully saturated rings. The molecule has 46 valence electrons. The molecule has 1 aromatic rings. The number of thiol groups is 1. The van der Waals surface area contributed by atoms with E-state index in [0.717, 1.165) is 4.90 Å². The zero-order valence-electron chi connectivity index (χ0n) is 4.99. The molecule has 0 aliphatic carbocycles. The summed E-state index contributed by atoms with van der Waals surface area (Å²) in [4.78, 5) is 1.02. The van der Waals surface area contributed by atoms with Crippen molar-refractivity contribution >= 4 is 12.6 Å². The van der Waals surface area contributed by atoms with Crippen LogP contribution in [0.3, 0.4) is 0 Å². The van der Waals surface area contributed by atoms with Crippen molar-refractivity contribution in [3.05, 3.63) is 30.3 Å². The largest absolute Gasteiger partial charge is 0.143 e. The standard InChI is InChI=1S/C6H6S.C2H2/c7-6-4-2-1-3-5-6;1-2/h1-5,7H;1-2H. The molecule has 0 atom stereocenters. The highest BCUT2D eigenvalue weighted by Crippen LogP contribution is 2.00. The van der Waals surface area contributed by atoms with Crippen molar-refractivity contribution in [2.75, 3.05) is 0 Å². The summed E-state index contributed by atoms with van der Waals surface area (Å²) in [5, 5.41) is 0. The Bertz CT molecular complexity index is 164. The van der Waals surface area contributed by atoms with Gasteiger partial charge in [0.15, 0.2) is 0 Å². The SMILES string of the molecule is C#C.Sc1ccccc1. The minimum atomic E-state index is 1.02. The van der Waals surface area contributed by atoms with Crippen molar-refractivity contribution < 1.29 is 0 Å². The Morgan fingerprint density at radius 2 is 1.44 bits per heavy atom. The van der Waals surface area contributed by atoms with Gasteiger partial charge in [-0.15, -0.1) is 25.5 Å². The highest BCUT2D eigenvalue weighted by Gasteiger charge is 1.73. The molecule has 1 rings (SSSR count). The lowest BCUT2D eigenvalue weighted by molar-refractivity contribution is 1.48. The molecule has 0 nitrogen and oxygen atoms in total. The summed E-state index contributed by atoms with van der Waals surface area (Å²) in [5.41, 5.74) is 0. The fourth-order valence-electron chi connectivity index (χ4n) is 0.428. The summed E-state index contributed by atoms with van der Waals surface area (Å²) < 4.78 is 0. The van der Waals surface area contributed by atoms with Crippen LogP contribution in [0.1, 0.15) is 0 Å². The molecule has 0 saturated carbocycles. The number of hydrogen-bond acceptors (Lipinski definition) is 1. The molecular weight excluding hydrogens is 128 g/mol. The molecule has 0 aromatic heterocycles. The summed E-state index contributed by atoms with van der Waals surface area (Å²) in [6, 6.07) is 9.79. The maximum Gasteiger partial charge on any atom is 0.00399 e. The lowest BCUT2D eigenvalue weighted by Crippen LogP contribution is -1.56. The van der Waals surface area contributed by atoms with Gasteiger partial charge in [0.1, 0.15) is 0 Å². The van der Waals surface area contributed by atoms with E-state index >= 15 is 0 Å². The molecule has 0 unspecified atom stereocenters. The Kier molecular flexibility index (Phi) is 4.76. The minimum Gasteiger partial charge on any atom is -0.143 e.